The molecule has 4 nitrogen and oxygen atoms in total. The van der Waals surface area contributed by atoms with Crippen LogP contribution in [-0.4, -0.2) is 16.7 Å². The molecule has 6 heteroatoms. The molecule has 0 spiro atoms. The van der Waals surface area contributed by atoms with Gasteiger partial charge in [-0.15, -0.1) is 11.3 Å². The number of benzene rings is 1. The molecule has 128 valence electrons. The van der Waals surface area contributed by atoms with Crippen LogP contribution in [0.1, 0.15) is 35.2 Å². The maximum absolute atomic E-state index is 5.95. The Morgan fingerprint density at radius 2 is 2.04 bits per heavy atom. The SMILES string of the molecule is Clc1ccc(-c2noc(C[NH+]3CCc4sccc4[C@@H]3C3CC3)n2)cc1. The summed E-state index contributed by atoms with van der Waals surface area (Å²) in [4.78, 5) is 7.77. The van der Waals surface area contributed by atoms with Gasteiger partial charge in [0, 0.05) is 33.4 Å². The van der Waals surface area contributed by atoms with E-state index >= 15 is 0 Å². The molecule has 5 rings (SSSR count). The fourth-order valence-electron chi connectivity index (χ4n) is 3.93. The molecule has 0 saturated heterocycles. The fraction of sp³-hybridized carbons (Fsp3) is 0.368. The number of rotatable bonds is 4. The van der Waals surface area contributed by atoms with Gasteiger partial charge in [-0.2, -0.15) is 4.98 Å². The summed E-state index contributed by atoms with van der Waals surface area (Å²) < 4.78 is 5.56. The third-order valence-electron chi connectivity index (χ3n) is 5.27. The lowest BCUT2D eigenvalue weighted by atomic mass is 9.96. The molecule has 3 aromatic rings. The summed E-state index contributed by atoms with van der Waals surface area (Å²) in [6.07, 6.45) is 3.86. The molecule has 1 aromatic carbocycles. The second-order valence-corrected chi connectivity index (χ2v) is 8.40. The average Bonchev–Trinajstić information content (AvgIpc) is 3.15. The third kappa shape index (κ3) is 3.01. The van der Waals surface area contributed by atoms with Gasteiger partial charge in [0.25, 0.3) is 5.89 Å². The zero-order valence-electron chi connectivity index (χ0n) is 13.7. The molecule has 1 fully saturated rings. The van der Waals surface area contributed by atoms with Crippen molar-refractivity contribution in [2.45, 2.75) is 31.8 Å². The van der Waals surface area contributed by atoms with Crippen LogP contribution < -0.4 is 4.90 Å². The van der Waals surface area contributed by atoms with Gasteiger partial charge in [0.15, 0.2) is 6.54 Å². The van der Waals surface area contributed by atoms with Crippen LogP contribution >= 0.6 is 22.9 Å². The molecule has 0 amide bonds. The van der Waals surface area contributed by atoms with E-state index in [-0.39, 0.29) is 0 Å². The number of thiophene rings is 1. The van der Waals surface area contributed by atoms with Gasteiger partial charge in [-0.3, -0.25) is 0 Å². The van der Waals surface area contributed by atoms with Crippen LogP contribution in [0.2, 0.25) is 5.02 Å². The normalized spacial score (nSPS) is 22.8. The van der Waals surface area contributed by atoms with Crippen LogP contribution in [0.5, 0.6) is 0 Å². The van der Waals surface area contributed by atoms with E-state index in [9.17, 15) is 0 Å². The van der Waals surface area contributed by atoms with Gasteiger partial charge < -0.3 is 9.42 Å². The highest BCUT2D eigenvalue weighted by molar-refractivity contribution is 7.10. The average molecular weight is 373 g/mol. The van der Waals surface area contributed by atoms with Gasteiger partial charge in [-0.05, 0) is 48.6 Å². The minimum atomic E-state index is 0.598. The van der Waals surface area contributed by atoms with Crippen LogP contribution in [0, 0.1) is 5.92 Å². The maximum Gasteiger partial charge on any atom is 0.282 e. The monoisotopic (exact) mass is 372 g/mol. The van der Waals surface area contributed by atoms with Crippen LogP contribution in [0.15, 0.2) is 40.2 Å². The van der Waals surface area contributed by atoms with Crippen molar-refractivity contribution in [2.24, 2.45) is 5.92 Å². The molecule has 1 aliphatic heterocycles. The minimum Gasteiger partial charge on any atom is -0.333 e. The van der Waals surface area contributed by atoms with Gasteiger partial charge in [-0.1, -0.05) is 16.8 Å². The van der Waals surface area contributed by atoms with E-state index in [1.807, 2.05) is 35.6 Å². The van der Waals surface area contributed by atoms with Crippen molar-refractivity contribution >= 4 is 22.9 Å². The molecular weight excluding hydrogens is 354 g/mol. The summed E-state index contributed by atoms with van der Waals surface area (Å²) in [6, 6.07) is 10.5. The van der Waals surface area contributed by atoms with Crippen molar-refractivity contribution in [1.29, 1.82) is 0 Å². The second-order valence-electron chi connectivity index (χ2n) is 6.97. The van der Waals surface area contributed by atoms with Gasteiger partial charge >= 0.3 is 0 Å². The molecule has 0 radical (unpaired) electrons. The highest BCUT2D eigenvalue weighted by Gasteiger charge is 2.43. The van der Waals surface area contributed by atoms with E-state index in [2.05, 4.69) is 21.6 Å². The van der Waals surface area contributed by atoms with Gasteiger partial charge in [0.2, 0.25) is 5.82 Å². The second kappa shape index (κ2) is 6.24. The molecule has 1 saturated carbocycles. The van der Waals surface area contributed by atoms with Crippen LogP contribution in [-0.2, 0) is 13.0 Å². The first kappa shape index (κ1) is 15.6. The smallest absolute Gasteiger partial charge is 0.282 e. The highest BCUT2D eigenvalue weighted by Crippen LogP contribution is 2.42. The maximum atomic E-state index is 5.95. The highest BCUT2D eigenvalue weighted by atomic mass is 35.5. The van der Waals surface area contributed by atoms with E-state index < -0.39 is 0 Å². The number of hydrogen-bond acceptors (Lipinski definition) is 4. The van der Waals surface area contributed by atoms with Gasteiger partial charge in [0.05, 0.1) is 6.54 Å². The van der Waals surface area contributed by atoms with Crippen molar-refractivity contribution in [3.8, 4) is 11.4 Å². The zero-order chi connectivity index (χ0) is 16.8. The number of nitrogens with one attached hydrogen (secondary N) is 1. The predicted molar refractivity (Wildman–Crippen MR) is 97.8 cm³/mol. The molecule has 1 unspecified atom stereocenters. The Morgan fingerprint density at radius 3 is 2.84 bits per heavy atom. The lowest BCUT2D eigenvalue weighted by Crippen LogP contribution is -3.12. The van der Waals surface area contributed by atoms with E-state index in [0.717, 1.165) is 36.9 Å². The summed E-state index contributed by atoms with van der Waals surface area (Å²) >= 11 is 7.86. The third-order valence-corrected chi connectivity index (χ3v) is 6.52. The zero-order valence-corrected chi connectivity index (χ0v) is 15.3. The van der Waals surface area contributed by atoms with Crippen molar-refractivity contribution in [1.82, 2.24) is 10.1 Å². The Morgan fingerprint density at radius 1 is 1.20 bits per heavy atom. The first-order valence-corrected chi connectivity index (χ1v) is 10.0. The molecule has 0 bridgehead atoms. The fourth-order valence-corrected chi connectivity index (χ4v) is 4.99. The lowest BCUT2D eigenvalue weighted by Gasteiger charge is -2.32. The summed E-state index contributed by atoms with van der Waals surface area (Å²) in [5, 5.41) is 7.12. The van der Waals surface area contributed by atoms with Crippen LogP contribution in [0.3, 0.4) is 0 Å². The van der Waals surface area contributed by atoms with E-state index in [4.69, 9.17) is 16.1 Å². The molecule has 2 aromatic heterocycles. The molecule has 1 N–H and O–H groups in total. The number of fused-ring (bicyclic) bond motifs is 1. The molecule has 25 heavy (non-hydrogen) atoms. The van der Waals surface area contributed by atoms with Crippen molar-refractivity contribution in [3.63, 3.8) is 0 Å². The molecule has 3 heterocycles. The van der Waals surface area contributed by atoms with E-state index in [0.29, 0.717) is 16.9 Å². The number of halogens is 1. The summed E-state index contributed by atoms with van der Waals surface area (Å²) in [7, 11) is 0. The predicted octanol–water partition coefficient (Wildman–Crippen LogP) is 3.54. The van der Waals surface area contributed by atoms with Crippen LogP contribution in [0.25, 0.3) is 11.4 Å². The summed E-state index contributed by atoms with van der Waals surface area (Å²) in [5.41, 5.74) is 2.50. The lowest BCUT2D eigenvalue weighted by molar-refractivity contribution is -0.950. The quantitative estimate of drug-likeness (QED) is 0.761. The van der Waals surface area contributed by atoms with E-state index in [1.54, 1.807) is 15.3 Å². The summed E-state index contributed by atoms with van der Waals surface area (Å²) in [5.74, 6) is 2.19. The van der Waals surface area contributed by atoms with Gasteiger partial charge in [-0.25, -0.2) is 0 Å². The topological polar surface area (TPSA) is 43.4 Å². The van der Waals surface area contributed by atoms with E-state index in [1.165, 1.54) is 12.8 Å². The Labute approximate surface area is 155 Å². The Bertz CT molecular complexity index is 884. The molecular formula is C19H19ClN3OS+. The molecule has 2 aliphatic rings. The van der Waals surface area contributed by atoms with Crippen molar-refractivity contribution in [3.05, 3.63) is 57.1 Å². The first-order chi connectivity index (χ1) is 12.3. The molecule has 2 atom stereocenters. The molecule has 1 aliphatic carbocycles. The Hall–Kier alpha value is -1.69. The number of quaternary nitrogens is 1. The number of aromatic nitrogens is 2. The van der Waals surface area contributed by atoms with Crippen LogP contribution in [0.4, 0.5) is 0 Å². The van der Waals surface area contributed by atoms with Crippen molar-refractivity contribution < 1.29 is 9.42 Å². The Balaban J connectivity index is 1.38. The summed E-state index contributed by atoms with van der Waals surface area (Å²) in [6.45, 7) is 1.95. The van der Waals surface area contributed by atoms with Gasteiger partial charge in [0.1, 0.15) is 6.04 Å². The first-order valence-electron chi connectivity index (χ1n) is 8.77. The minimum absolute atomic E-state index is 0.598. The largest absolute Gasteiger partial charge is 0.333 e. The number of hydrogen-bond donors (Lipinski definition) is 1. The number of nitrogens with zero attached hydrogens (tertiary/aromatic N) is 2. The van der Waals surface area contributed by atoms with Crippen molar-refractivity contribution in [2.75, 3.05) is 6.54 Å². The Kier molecular flexibility index (Phi) is 3.88. The standard InChI is InChI=1S/C19H18ClN3OS/c20-14-5-3-13(4-6-14)19-21-17(24-22-19)11-23-9-7-16-15(8-10-25-16)18(23)12-1-2-12/h3-6,8,10,12,18H,1-2,7,9,11H2/p+1/t18-/m0/s1.